The molecule has 0 aliphatic carbocycles. The van der Waals surface area contributed by atoms with Crippen molar-refractivity contribution < 1.29 is 13.6 Å². The van der Waals surface area contributed by atoms with Crippen LogP contribution in [0.5, 0.6) is 0 Å². The Morgan fingerprint density at radius 2 is 1.76 bits per heavy atom. The van der Waals surface area contributed by atoms with Gasteiger partial charge >= 0.3 is 0 Å². The number of carbonyl (C=O) groups excluding carboxylic acids is 1. The molecule has 1 heterocycles. The summed E-state index contributed by atoms with van der Waals surface area (Å²) < 4.78 is 31.4. The first-order chi connectivity index (χ1) is 16.3. The quantitative estimate of drug-likeness (QED) is 0.257. The molecule has 0 atom stereocenters. The molecule has 180 valence electrons. The first-order valence-electron chi connectivity index (χ1n) is 11.0. The van der Waals surface area contributed by atoms with Crippen LogP contribution in [-0.4, -0.2) is 57.5 Å². The van der Waals surface area contributed by atoms with Gasteiger partial charge in [0.2, 0.25) is 5.78 Å². The van der Waals surface area contributed by atoms with Crippen molar-refractivity contribution in [2.24, 2.45) is 0 Å². The number of ketones is 1. The van der Waals surface area contributed by atoms with Crippen LogP contribution in [0.15, 0.2) is 53.5 Å². The van der Waals surface area contributed by atoms with Crippen molar-refractivity contribution >= 4 is 21.7 Å². The Kier molecular flexibility index (Phi) is 8.82. The number of carbonyl (C=O) groups is 1. The monoisotopic (exact) mass is 531 g/mol. The molecule has 9 heteroatoms. The van der Waals surface area contributed by atoms with Crippen molar-refractivity contribution in [2.45, 2.75) is 26.4 Å². The predicted molar refractivity (Wildman–Crippen MR) is 132 cm³/mol. The lowest BCUT2D eigenvalue weighted by atomic mass is 10.00. The van der Waals surface area contributed by atoms with Crippen LogP contribution in [-0.2, 0) is 13.1 Å². The van der Waals surface area contributed by atoms with Gasteiger partial charge in [0.05, 0.1) is 24.3 Å². The highest BCUT2D eigenvalue weighted by molar-refractivity contribution is 9.10. The molecule has 34 heavy (non-hydrogen) atoms. The second-order valence-corrected chi connectivity index (χ2v) is 9.13. The minimum atomic E-state index is -0.909. The summed E-state index contributed by atoms with van der Waals surface area (Å²) in [4.78, 5) is 17.5. The highest BCUT2D eigenvalue weighted by Crippen LogP contribution is 2.27. The summed E-state index contributed by atoms with van der Waals surface area (Å²) in [6.45, 7) is 8.34. The molecule has 2 aromatic carbocycles. The van der Waals surface area contributed by atoms with E-state index in [1.807, 2.05) is 29.6 Å². The smallest absolute Gasteiger partial charge is 0.201 e. The zero-order chi connectivity index (χ0) is 24.8. The maximum absolute atomic E-state index is 14.5. The maximum Gasteiger partial charge on any atom is 0.201 e. The number of hydrogen-bond acceptors (Lipinski definition) is 5. The van der Waals surface area contributed by atoms with Gasteiger partial charge in [-0.3, -0.25) is 14.3 Å². The van der Waals surface area contributed by atoms with Crippen LogP contribution in [0.2, 0.25) is 0 Å². The van der Waals surface area contributed by atoms with Crippen LogP contribution in [0.1, 0.15) is 40.9 Å². The Hall–Kier alpha value is -2.75. The molecule has 0 N–H and O–H groups in total. The second kappa shape index (κ2) is 11.6. The molecule has 0 fully saturated rings. The number of aromatic nitrogens is 3. The van der Waals surface area contributed by atoms with Crippen LogP contribution in [0, 0.1) is 11.6 Å². The van der Waals surface area contributed by atoms with E-state index in [-0.39, 0.29) is 5.56 Å². The molecule has 0 saturated heterocycles. The van der Waals surface area contributed by atoms with E-state index in [0.717, 1.165) is 25.1 Å². The molecule has 0 amide bonds. The van der Waals surface area contributed by atoms with Crippen molar-refractivity contribution in [3.8, 4) is 5.69 Å². The maximum atomic E-state index is 14.5. The van der Waals surface area contributed by atoms with Crippen LogP contribution < -0.4 is 0 Å². The van der Waals surface area contributed by atoms with Gasteiger partial charge in [0, 0.05) is 16.6 Å². The van der Waals surface area contributed by atoms with E-state index < -0.39 is 23.0 Å². The van der Waals surface area contributed by atoms with E-state index in [4.69, 9.17) is 0 Å². The average molecular weight is 532 g/mol. The summed E-state index contributed by atoms with van der Waals surface area (Å²) in [5.74, 6) is -1.33. The van der Waals surface area contributed by atoms with E-state index in [1.165, 1.54) is 6.07 Å². The Bertz CT molecular complexity index is 1160. The van der Waals surface area contributed by atoms with E-state index in [1.54, 1.807) is 18.2 Å². The molecule has 3 rings (SSSR count). The van der Waals surface area contributed by atoms with E-state index >= 15 is 0 Å². The molecular weight excluding hydrogens is 504 g/mol. The van der Waals surface area contributed by atoms with Crippen molar-refractivity contribution in [1.29, 1.82) is 0 Å². The summed E-state index contributed by atoms with van der Waals surface area (Å²) in [5.41, 5.74) is 0.0119. The Morgan fingerprint density at radius 3 is 2.35 bits per heavy atom. The molecule has 0 unspecified atom stereocenters. The molecule has 3 aromatic rings. The third kappa shape index (κ3) is 5.84. The fourth-order valence-electron chi connectivity index (χ4n) is 3.79. The zero-order valence-corrected chi connectivity index (χ0v) is 21.1. The number of hydrogen-bond donors (Lipinski definition) is 0. The normalized spacial score (nSPS) is 11.4. The van der Waals surface area contributed by atoms with Gasteiger partial charge in [0.1, 0.15) is 11.6 Å². The predicted octanol–water partition coefficient (Wildman–Crippen LogP) is 5.00. The van der Waals surface area contributed by atoms with Gasteiger partial charge in [0.25, 0.3) is 0 Å². The van der Waals surface area contributed by atoms with E-state index in [9.17, 15) is 13.6 Å². The van der Waals surface area contributed by atoms with Crippen molar-refractivity contribution in [2.75, 3.05) is 27.2 Å². The van der Waals surface area contributed by atoms with Crippen molar-refractivity contribution in [3.05, 3.63) is 87.9 Å². The van der Waals surface area contributed by atoms with Gasteiger partial charge < -0.3 is 4.90 Å². The molecule has 0 aliphatic rings. The minimum absolute atomic E-state index is 0.144. The second-order valence-electron chi connectivity index (χ2n) is 8.22. The van der Waals surface area contributed by atoms with Gasteiger partial charge in [-0.2, -0.15) is 0 Å². The fourth-order valence-corrected chi connectivity index (χ4v) is 4.15. The first-order valence-corrected chi connectivity index (χ1v) is 11.8. The molecule has 0 radical (unpaired) electrons. The van der Waals surface area contributed by atoms with Crippen LogP contribution in [0.25, 0.3) is 5.69 Å². The molecule has 0 spiro atoms. The number of benzene rings is 2. The third-order valence-electron chi connectivity index (χ3n) is 5.18. The van der Waals surface area contributed by atoms with Gasteiger partial charge in [0.15, 0.2) is 11.6 Å². The average Bonchev–Trinajstić information content (AvgIpc) is 3.15. The lowest BCUT2D eigenvalue weighted by molar-refractivity contribution is 0.103. The van der Waals surface area contributed by atoms with Gasteiger partial charge in [-0.05, 0) is 57.4 Å². The lowest BCUT2D eigenvalue weighted by Gasteiger charge is -2.21. The summed E-state index contributed by atoms with van der Waals surface area (Å²) >= 11 is 3.39. The highest BCUT2D eigenvalue weighted by atomic mass is 79.9. The van der Waals surface area contributed by atoms with Crippen molar-refractivity contribution in [3.63, 3.8) is 0 Å². The van der Waals surface area contributed by atoms with Crippen LogP contribution in [0.3, 0.4) is 0 Å². The largest absolute Gasteiger partial charge is 0.302 e. The Morgan fingerprint density at radius 1 is 1.12 bits per heavy atom. The van der Waals surface area contributed by atoms with E-state index in [0.29, 0.717) is 41.4 Å². The van der Waals surface area contributed by atoms with Crippen LogP contribution >= 0.6 is 15.9 Å². The number of halogens is 3. The Labute approximate surface area is 207 Å². The first kappa shape index (κ1) is 25.9. The summed E-state index contributed by atoms with van der Waals surface area (Å²) in [7, 11) is 3.81. The molecule has 1 aromatic heterocycles. The summed E-state index contributed by atoms with van der Waals surface area (Å²) in [6.07, 6.45) is 2.77. The van der Waals surface area contributed by atoms with Gasteiger partial charge in [-0.15, -0.1) is 16.8 Å². The molecule has 0 saturated carbocycles. The highest BCUT2D eigenvalue weighted by Gasteiger charge is 2.25. The minimum Gasteiger partial charge on any atom is -0.302 e. The third-order valence-corrected chi connectivity index (χ3v) is 5.67. The molecule has 6 nitrogen and oxygen atoms in total. The van der Waals surface area contributed by atoms with Gasteiger partial charge in [-0.1, -0.05) is 35.0 Å². The van der Waals surface area contributed by atoms with E-state index in [2.05, 4.69) is 44.5 Å². The molecule has 0 bridgehead atoms. The fraction of sp³-hybridized carbons (Fsp3) is 0.320. The topological polar surface area (TPSA) is 54.3 Å². The summed E-state index contributed by atoms with van der Waals surface area (Å²) in [5, 5.41) is 8.80. The zero-order valence-electron chi connectivity index (χ0n) is 19.6. The van der Waals surface area contributed by atoms with Crippen LogP contribution in [0.4, 0.5) is 8.78 Å². The number of rotatable bonds is 11. The molecular formula is C25H28BrF2N5O. The lowest BCUT2D eigenvalue weighted by Crippen LogP contribution is -2.26. The summed E-state index contributed by atoms with van der Waals surface area (Å²) in [6, 6.07) is 8.47. The standard InChI is InChI=1S/C25H28BrF2N5O/c1-5-12-32(13-6-2)16-23-30-29-22(15-31(3)4)33(23)21-11-10-17(26)14-18(21)25(34)24-19(27)8-7-9-20(24)28/h5,7-11,14H,1,6,12-13,15-16H2,2-4H3. The Balaban J connectivity index is 2.20. The van der Waals surface area contributed by atoms with Gasteiger partial charge in [-0.25, -0.2) is 8.78 Å². The molecule has 0 aliphatic heterocycles. The SMILES string of the molecule is C=CCN(CCC)Cc1nnc(CN(C)C)n1-c1ccc(Br)cc1C(=O)c1c(F)cccc1F. The number of nitrogens with zero attached hydrogens (tertiary/aromatic N) is 5. The van der Waals surface area contributed by atoms with Crippen molar-refractivity contribution in [1.82, 2.24) is 24.6 Å².